The molecule has 1 aliphatic rings. The third-order valence-electron chi connectivity index (χ3n) is 3.20. The second-order valence-corrected chi connectivity index (χ2v) is 8.06. The minimum atomic E-state index is -3.07. The first-order valence-electron chi connectivity index (χ1n) is 6.48. The van der Waals surface area contributed by atoms with Crippen LogP contribution in [0.3, 0.4) is 0 Å². The third kappa shape index (κ3) is 4.84. The first-order valence-corrected chi connectivity index (χ1v) is 8.30. The molecule has 0 aromatic heterocycles. The predicted octanol–water partition coefficient (Wildman–Crippen LogP) is -0.336. The molecule has 0 spiro atoms. The van der Waals surface area contributed by atoms with Crippen LogP contribution in [-0.4, -0.2) is 80.7 Å². The van der Waals surface area contributed by atoms with Gasteiger partial charge in [-0.05, 0) is 20.0 Å². The molecular formula is C12H26N2O3S. The molecule has 1 heterocycles. The van der Waals surface area contributed by atoms with Crippen molar-refractivity contribution in [1.29, 1.82) is 0 Å². The number of hydrogen-bond acceptors (Lipinski definition) is 5. The number of sulfone groups is 1. The summed E-state index contributed by atoms with van der Waals surface area (Å²) in [5.74, 6) is 0.463. The Kier molecular flexibility index (Phi) is 5.58. The predicted molar refractivity (Wildman–Crippen MR) is 73.4 cm³/mol. The summed E-state index contributed by atoms with van der Waals surface area (Å²) in [4.78, 5) is 4.20. The smallest absolute Gasteiger partial charge is 0.154 e. The van der Waals surface area contributed by atoms with E-state index in [2.05, 4.69) is 23.6 Å². The lowest BCUT2D eigenvalue weighted by atomic mass is 10.1. The zero-order valence-corrected chi connectivity index (χ0v) is 12.7. The summed E-state index contributed by atoms with van der Waals surface area (Å²) in [6.07, 6.45) is -0.740. The van der Waals surface area contributed by atoms with Gasteiger partial charge in [-0.15, -0.1) is 0 Å². The maximum absolute atomic E-state index is 11.6. The van der Waals surface area contributed by atoms with Crippen molar-refractivity contribution in [3.63, 3.8) is 0 Å². The molecule has 0 amide bonds. The number of nitrogens with zero attached hydrogens (tertiary/aromatic N) is 2. The van der Waals surface area contributed by atoms with Crippen molar-refractivity contribution in [2.75, 3.05) is 45.2 Å². The van der Waals surface area contributed by atoms with E-state index in [4.69, 9.17) is 0 Å². The van der Waals surface area contributed by atoms with E-state index in [-0.39, 0.29) is 17.5 Å². The van der Waals surface area contributed by atoms with Crippen LogP contribution in [0, 0.1) is 5.92 Å². The van der Waals surface area contributed by atoms with Crippen LogP contribution >= 0.6 is 0 Å². The summed E-state index contributed by atoms with van der Waals surface area (Å²) in [5.41, 5.74) is 0. The van der Waals surface area contributed by atoms with Crippen molar-refractivity contribution in [3.8, 4) is 0 Å². The van der Waals surface area contributed by atoms with Gasteiger partial charge in [0, 0.05) is 19.6 Å². The van der Waals surface area contributed by atoms with Crippen LogP contribution in [-0.2, 0) is 9.84 Å². The van der Waals surface area contributed by atoms with Crippen LogP contribution in [0.15, 0.2) is 0 Å². The summed E-state index contributed by atoms with van der Waals surface area (Å²) in [6, 6.07) is -0.239. The monoisotopic (exact) mass is 278 g/mol. The van der Waals surface area contributed by atoms with Crippen molar-refractivity contribution >= 4 is 9.84 Å². The van der Waals surface area contributed by atoms with Crippen LogP contribution in [0.25, 0.3) is 0 Å². The molecule has 18 heavy (non-hydrogen) atoms. The zero-order valence-electron chi connectivity index (χ0n) is 11.8. The molecule has 2 atom stereocenters. The molecule has 1 aliphatic heterocycles. The van der Waals surface area contributed by atoms with Gasteiger partial charge in [0.25, 0.3) is 0 Å². The van der Waals surface area contributed by atoms with E-state index in [0.29, 0.717) is 5.92 Å². The highest BCUT2D eigenvalue weighted by atomic mass is 32.2. The second-order valence-electron chi connectivity index (χ2n) is 5.90. The van der Waals surface area contributed by atoms with Crippen LogP contribution in [0.1, 0.15) is 13.8 Å². The van der Waals surface area contributed by atoms with E-state index < -0.39 is 15.9 Å². The van der Waals surface area contributed by atoms with Gasteiger partial charge in [-0.2, -0.15) is 0 Å². The fourth-order valence-electron chi connectivity index (χ4n) is 2.35. The fourth-order valence-corrected chi connectivity index (χ4v) is 4.18. The number of rotatable bonds is 6. The topological polar surface area (TPSA) is 60.9 Å². The molecule has 6 heteroatoms. The Balaban J connectivity index is 2.70. The highest BCUT2D eigenvalue weighted by molar-refractivity contribution is 7.91. The van der Waals surface area contributed by atoms with Gasteiger partial charge in [-0.1, -0.05) is 13.8 Å². The zero-order chi connectivity index (χ0) is 13.9. The maximum Gasteiger partial charge on any atom is 0.154 e. The highest BCUT2D eigenvalue weighted by Crippen LogP contribution is 2.19. The molecular weight excluding hydrogens is 252 g/mol. The quantitative estimate of drug-likeness (QED) is 0.720. The van der Waals surface area contributed by atoms with Gasteiger partial charge in [-0.25, -0.2) is 8.42 Å². The molecule has 1 saturated heterocycles. The van der Waals surface area contributed by atoms with Gasteiger partial charge in [0.15, 0.2) is 9.84 Å². The van der Waals surface area contributed by atoms with Crippen molar-refractivity contribution in [1.82, 2.24) is 9.80 Å². The summed E-state index contributed by atoms with van der Waals surface area (Å²) >= 11 is 0. The highest BCUT2D eigenvalue weighted by Gasteiger charge is 2.39. The van der Waals surface area contributed by atoms with E-state index >= 15 is 0 Å². The Bertz CT molecular complexity index is 354. The number of hydrogen-bond donors (Lipinski definition) is 1. The van der Waals surface area contributed by atoms with Gasteiger partial charge in [-0.3, -0.25) is 4.90 Å². The van der Waals surface area contributed by atoms with Crippen molar-refractivity contribution in [2.24, 2.45) is 5.92 Å². The third-order valence-corrected chi connectivity index (χ3v) is 4.90. The van der Waals surface area contributed by atoms with Gasteiger partial charge < -0.3 is 10.0 Å². The molecule has 0 radical (unpaired) electrons. The number of aliphatic hydroxyl groups excluding tert-OH is 1. The SMILES string of the molecule is CC(C)CN(CCN(C)C)C1CS(=O)(=O)CC1O. The summed E-state index contributed by atoms with van der Waals surface area (Å²) < 4.78 is 23.2. The summed E-state index contributed by atoms with van der Waals surface area (Å²) in [6.45, 7) is 6.71. The first-order chi connectivity index (χ1) is 8.21. The fraction of sp³-hybridized carbons (Fsp3) is 1.00. The van der Waals surface area contributed by atoms with E-state index in [0.717, 1.165) is 19.6 Å². The van der Waals surface area contributed by atoms with E-state index in [1.807, 2.05) is 14.1 Å². The minimum Gasteiger partial charge on any atom is -0.390 e. The lowest BCUT2D eigenvalue weighted by molar-refractivity contribution is 0.0709. The lowest BCUT2D eigenvalue weighted by Gasteiger charge is -2.32. The van der Waals surface area contributed by atoms with Crippen LogP contribution in [0.4, 0.5) is 0 Å². The Morgan fingerprint density at radius 3 is 2.22 bits per heavy atom. The molecule has 1 fully saturated rings. The molecule has 0 aromatic carbocycles. The van der Waals surface area contributed by atoms with Crippen molar-refractivity contribution < 1.29 is 13.5 Å². The Hall–Kier alpha value is -0.170. The van der Waals surface area contributed by atoms with Crippen LogP contribution < -0.4 is 0 Å². The maximum atomic E-state index is 11.6. The van der Waals surface area contributed by atoms with Crippen molar-refractivity contribution in [3.05, 3.63) is 0 Å². The lowest BCUT2D eigenvalue weighted by Crippen LogP contribution is -2.47. The van der Waals surface area contributed by atoms with Gasteiger partial charge in [0.2, 0.25) is 0 Å². The van der Waals surface area contributed by atoms with Gasteiger partial charge in [0.05, 0.1) is 23.7 Å². The molecule has 0 aliphatic carbocycles. The Morgan fingerprint density at radius 2 is 1.83 bits per heavy atom. The molecule has 0 saturated carbocycles. The molecule has 0 bridgehead atoms. The van der Waals surface area contributed by atoms with Gasteiger partial charge >= 0.3 is 0 Å². The normalized spacial score (nSPS) is 27.6. The van der Waals surface area contributed by atoms with Gasteiger partial charge in [0.1, 0.15) is 0 Å². The largest absolute Gasteiger partial charge is 0.390 e. The molecule has 1 N–H and O–H groups in total. The molecule has 1 rings (SSSR count). The van der Waals surface area contributed by atoms with E-state index in [9.17, 15) is 13.5 Å². The summed E-state index contributed by atoms with van der Waals surface area (Å²) in [5, 5.41) is 9.94. The van der Waals surface area contributed by atoms with Crippen molar-refractivity contribution in [2.45, 2.75) is 26.0 Å². The standard InChI is InChI=1S/C12H26N2O3S/c1-10(2)7-14(6-5-13(3)4)11-8-18(16,17)9-12(11)15/h10-12,15H,5-9H2,1-4H3. The molecule has 2 unspecified atom stereocenters. The average Bonchev–Trinajstić information content (AvgIpc) is 2.46. The molecule has 5 nitrogen and oxygen atoms in total. The molecule has 108 valence electrons. The number of aliphatic hydroxyl groups is 1. The minimum absolute atomic E-state index is 0.0891. The number of likely N-dealkylation sites (N-methyl/N-ethyl adjacent to an activating group) is 1. The molecule has 0 aromatic rings. The van der Waals surface area contributed by atoms with Crippen LogP contribution in [0.2, 0.25) is 0 Å². The van der Waals surface area contributed by atoms with E-state index in [1.165, 1.54) is 0 Å². The summed E-state index contributed by atoms with van der Waals surface area (Å²) in [7, 11) is 0.922. The second kappa shape index (κ2) is 6.32. The Labute approximate surface area is 111 Å². The Morgan fingerprint density at radius 1 is 1.22 bits per heavy atom. The van der Waals surface area contributed by atoms with E-state index in [1.54, 1.807) is 0 Å². The average molecular weight is 278 g/mol. The van der Waals surface area contributed by atoms with Crippen LogP contribution in [0.5, 0.6) is 0 Å². The first kappa shape index (κ1) is 15.9.